The zero-order chi connectivity index (χ0) is 15.0. The average Bonchev–Trinajstić information content (AvgIpc) is 3.05. The van der Waals surface area contributed by atoms with Crippen LogP contribution in [0.3, 0.4) is 0 Å². The van der Waals surface area contributed by atoms with Crippen molar-refractivity contribution in [2.75, 3.05) is 6.61 Å². The number of aromatic amines is 1. The summed E-state index contributed by atoms with van der Waals surface area (Å²) in [6.07, 6.45) is 1.50. The van der Waals surface area contributed by atoms with Gasteiger partial charge in [0.05, 0.1) is 17.8 Å². The number of carbonyl (C=O) groups excluding carboxylic acids is 1. The van der Waals surface area contributed by atoms with E-state index in [0.717, 1.165) is 0 Å². The van der Waals surface area contributed by atoms with E-state index in [0.29, 0.717) is 28.1 Å². The van der Waals surface area contributed by atoms with Crippen LogP contribution in [0.5, 0.6) is 0 Å². The number of carbonyl (C=O) groups is 1. The molecule has 3 aromatic heterocycles. The summed E-state index contributed by atoms with van der Waals surface area (Å²) in [5.41, 5.74) is 1.24. The molecule has 0 saturated heterocycles. The van der Waals surface area contributed by atoms with Gasteiger partial charge in [0.15, 0.2) is 0 Å². The number of H-pyrrole nitrogens is 1. The number of thiophene rings is 1. The summed E-state index contributed by atoms with van der Waals surface area (Å²) in [5, 5.41) is 6.00. The predicted octanol–water partition coefficient (Wildman–Crippen LogP) is 1.66. The lowest BCUT2D eigenvalue weighted by Crippen LogP contribution is -2.12. The number of hydrogen-bond donors (Lipinski definition) is 1. The van der Waals surface area contributed by atoms with Crippen molar-refractivity contribution in [2.45, 2.75) is 13.8 Å². The Labute approximate surface area is 123 Å². The lowest BCUT2D eigenvalue weighted by atomic mass is 10.3. The van der Waals surface area contributed by atoms with Crippen molar-refractivity contribution >= 4 is 27.5 Å². The summed E-state index contributed by atoms with van der Waals surface area (Å²) >= 11 is 1.33. The number of fused-ring (bicyclic) bond motifs is 1. The van der Waals surface area contributed by atoms with Crippen LogP contribution in [0.25, 0.3) is 16.2 Å². The summed E-state index contributed by atoms with van der Waals surface area (Å²) in [4.78, 5) is 30.7. The molecule has 0 amide bonds. The van der Waals surface area contributed by atoms with Gasteiger partial charge in [0, 0.05) is 6.20 Å². The van der Waals surface area contributed by atoms with Gasteiger partial charge in [-0.15, -0.1) is 11.3 Å². The quantitative estimate of drug-likeness (QED) is 0.743. The van der Waals surface area contributed by atoms with Gasteiger partial charge in [-0.3, -0.25) is 9.78 Å². The van der Waals surface area contributed by atoms with Crippen LogP contribution in [0.4, 0.5) is 0 Å². The normalized spacial score (nSPS) is 11.0. The number of nitrogens with one attached hydrogen (secondary N) is 1. The second kappa shape index (κ2) is 5.13. The molecule has 7 nitrogen and oxygen atoms in total. The standard InChI is InChI=1S/C13H12N4O3S/c1-3-20-12(19)8-6-17(16-7(8)2)13-14-9-4-5-21-10(9)11(18)15-13/h4-6H,3H2,1-2H3,(H,14,15,18). The summed E-state index contributed by atoms with van der Waals surface area (Å²) in [5.74, 6) is -0.176. The Balaban J connectivity index is 2.08. The first-order chi connectivity index (χ1) is 10.1. The van der Waals surface area contributed by atoms with Gasteiger partial charge >= 0.3 is 5.97 Å². The molecule has 3 aromatic rings. The highest BCUT2D eigenvalue weighted by Crippen LogP contribution is 2.16. The van der Waals surface area contributed by atoms with Crippen molar-refractivity contribution in [3.05, 3.63) is 39.3 Å². The maximum absolute atomic E-state index is 11.9. The highest BCUT2D eigenvalue weighted by Gasteiger charge is 2.16. The van der Waals surface area contributed by atoms with Gasteiger partial charge in [-0.1, -0.05) is 0 Å². The summed E-state index contributed by atoms with van der Waals surface area (Å²) < 4.78 is 6.89. The van der Waals surface area contributed by atoms with Crippen molar-refractivity contribution in [3.63, 3.8) is 0 Å². The molecule has 8 heteroatoms. The number of rotatable bonds is 3. The first-order valence-corrected chi connectivity index (χ1v) is 7.19. The minimum Gasteiger partial charge on any atom is -0.462 e. The maximum Gasteiger partial charge on any atom is 0.341 e. The predicted molar refractivity (Wildman–Crippen MR) is 78.1 cm³/mol. The van der Waals surface area contributed by atoms with Gasteiger partial charge < -0.3 is 4.74 Å². The monoisotopic (exact) mass is 304 g/mol. The van der Waals surface area contributed by atoms with Crippen LogP contribution in [-0.4, -0.2) is 32.3 Å². The van der Waals surface area contributed by atoms with Gasteiger partial charge in [-0.25, -0.2) is 14.5 Å². The molecule has 0 unspecified atom stereocenters. The largest absolute Gasteiger partial charge is 0.462 e. The van der Waals surface area contributed by atoms with E-state index in [1.165, 1.54) is 22.2 Å². The molecule has 1 N–H and O–H groups in total. The van der Waals surface area contributed by atoms with Crippen LogP contribution in [0.2, 0.25) is 0 Å². The van der Waals surface area contributed by atoms with Crippen molar-refractivity contribution in [1.29, 1.82) is 0 Å². The molecule has 0 fully saturated rings. The second-order valence-corrected chi connectivity index (χ2v) is 5.23. The molecule has 0 aliphatic heterocycles. The Morgan fingerprint density at radius 3 is 3.10 bits per heavy atom. The molecular formula is C13H12N4O3S. The van der Waals surface area contributed by atoms with Crippen LogP contribution in [-0.2, 0) is 4.74 Å². The Hall–Kier alpha value is -2.48. The SMILES string of the molecule is CCOC(=O)c1cn(-c2nc3ccsc3c(=O)[nH]2)nc1C. The van der Waals surface area contributed by atoms with Gasteiger partial charge in [-0.2, -0.15) is 5.10 Å². The molecule has 3 heterocycles. The van der Waals surface area contributed by atoms with Crippen LogP contribution >= 0.6 is 11.3 Å². The number of ether oxygens (including phenoxy) is 1. The Morgan fingerprint density at radius 1 is 1.52 bits per heavy atom. The van der Waals surface area contributed by atoms with Crippen LogP contribution < -0.4 is 5.56 Å². The molecule has 0 spiro atoms. The lowest BCUT2D eigenvalue weighted by molar-refractivity contribution is 0.0525. The van der Waals surface area contributed by atoms with E-state index >= 15 is 0 Å². The fraction of sp³-hybridized carbons (Fsp3) is 0.231. The van der Waals surface area contributed by atoms with Gasteiger partial charge in [0.1, 0.15) is 10.3 Å². The molecular weight excluding hydrogens is 292 g/mol. The molecule has 0 aliphatic rings. The third kappa shape index (κ3) is 2.33. The molecule has 0 aliphatic carbocycles. The fourth-order valence-electron chi connectivity index (χ4n) is 1.95. The van der Waals surface area contributed by atoms with Crippen LogP contribution in [0, 0.1) is 6.92 Å². The molecule has 21 heavy (non-hydrogen) atoms. The van der Waals surface area contributed by atoms with E-state index in [4.69, 9.17) is 4.74 Å². The van der Waals surface area contributed by atoms with Gasteiger partial charge in [-0.05, 0) is 25.3 Å². The first-order valence-electron chi connectivity index (χ1n) is 6.31. The average molecular weight is 304 g/mol. The van der Waals surface area contributed by atoms with Gasteiger partial charge in [0.2, 0.25) is 5.95 Å². The van der Waals surface area contributed by atoms with E-state index in [9.17, 15) is 9.59 Å². The summed E-state index contributed by atoms with van der Waals surface area (Å²) in [6, 6.07) is 1.77. The lowest BCUT2D eigenvalue weighted by Gasteiger charge is -1.99. The maximum atomic E-state index is 11.9. The Morgan fingerprint density at radius 2 is 2.33 bits per heavy atom. The molecule has 0 aromatic carbocycles. The molecule has 0 saturated carbocycles. The third-order valence-electron chi connectivity index (χ3n) is 2.91. The van der Waals surface area contributed by atoms with Crippen molar-refractivity contribution in [2.24, 2.45) is 0 Å². The highest BCUT2D eigenvalue weighted by atomic mass is 32.1. The first kappa shape index (κ1) is 13.5. The summed E-state index contributed by atoms with van der Waals surface area (Å²) in [7, 11) is 0. The molecule has 0 atom stereocenters. The zero-order valence-corrected chi connectivity index (χ0v) is 12.2. The van der Waals surface area contributed by atoms with Gasteiger partial charge in [0.25, 0.3) is 5.56 Å². The number of nitrogens with zero attached hydrogens (tertiary/aromatic N) is 3. The van der Waals surface area contributed by atoms with Crippen LogP contribution in [0.1, 0.15) is 23.0 Å². The van der Waals surface area contributed by atoms with Crippen LogP contribution in [0.15, 0.2) is 22.4 Å². The van der Waals surface area contributed by atoms with E-state index in [2.05, 4.69) is 15.1 Å². The van der Waals surface area contributed by atoms with E-state index in [1.807, 2.05) is 0 Å². The Bertz CT molecular complexity index is 877. The second-order valence-electron chi connectivity index (χ2n) is 4.32. The third-order valence-corrected chi connectivity index (χ3v) is 3.82. The van der Waals surface area contributed by atoms with E-state index in [-0.39, 0.29) is 11.5 Å². The number of esters is 1. The minimum atomic E-state index is -0.444. The molecule has 0 bridgehead atoms. The smallest absolute Gasteiger partial charge is 0.341 e. The number of aryl methyl sites for hydroxylation is 1. The Kier molecular flexibility index (Phi) is 3.30. The number of hydrogen-bond acceptors (Lipinski definition) is 6. The summed E-state index contributed by atoms with van der Waals surface area (Å²) in [6.45, 7) is 3.73. The fourth-order valence-corrected chi connectivity index (χ4v) is 2.67. The number of aromatic nitrogens is 4. The van der Waals surface area contributed by atoms with Crippen molar-refractivity contribution in [3.8, 4) is 5.95 Å². The van der Waals surface area contributed by atoms with E-state index < -0.39 is 5.97 Å². The van der Waals surface area contributed by atoms with E-state index in [1.54, 1.807) is 25.3 Å². The highest BCUT2D eigenvalue weighted by molar-refractivity contribution is 7.17. The van der Waals surface area contributed by atoms with Crippen molar-refractivity contribution in [1.82, 2.24) is 19.7 Å². The molecule has 108 valence electrons. The molecule has 3 rings (SSSR count). The zero-order valence-electron chi connectivity index (χ0n) is 11.4. The molecule has 0 radical (unpaired) electrons. The van der Waals surface area contributed by atoms with Crippen molar-refractivity contribution < 1.29 is 9.53 Å². The topological polar surface area (TPSA) is 89.9 Å². The minimum absolute atomic E-state index is 0.226.